The molecule has 0 bridgehead atoms. The number of carbonyl (C=O) groups is 1. The lowest BCUT2D eigenvalue weighted by Crippen LogP contribution is -2.30. The fraction of sp³-hybridized carbons (Fsp3) is 0.385. The van der Waals surface area contributed by atoms with Crippen molar-refractivity contribution in [3.05, 3.63) is 74.1 Å². The molecule has 0 radical (unpaired) electrons. The summed E-state index contributed by atoms with van der Waals surface area (Å²) in [5.74, 6) is 0.612. The van der Waals surface area contributed by atoms with Crippen molar-refractivity contribution in [1.29, 1.82) is 0 Å². The number of amides is 1. The van der Waals surface area contributed by atoms with Gasteiger partial charge in [-0.1, -0.05) is 50.4 Å². The van der Waals surface area contributed by atoms with E-state index in [2.05, 4.69) is 6.92 Å². The van der Waals surface area contributed by atoms with Gasteiger partial charge in [-0.3, -0.25) is 9.59 Å². The van der Waals surface area contributed by atoms with Crippen LogP contribution in [0.25, 0.3) is 11.0 Å². The number of unbranched alkanes of at least 4 members (excludes halogenated alkanes) is 2. The van der Waals surface area contributed by atoms with Crippen molar-refractivity contribution in [1.82, 2.24) is 4.90 Å². The van der Waals surface area contributed by atoms with E-state index in [9.17, 15) is 9.59 Å². The summed E-state index contributed by atoms with van der Waals surface area (Å²) in [6.45, 7) is 7.18. The SMILES string of the molecule is CCCCCN1C(=O)c2oc3cc(C)c(Cl)cc3c(=O)c2C1c1cccc(OCCC)c1. The third kappa shape index (κ3) is 4.02. The molecule has 1 atom stereocenters. The first kappa shape index (κ1) is 22.4. The second kappa shape index (κ2) is 9.37. The molecule has 1 amide bonds. The molecule has 5 nitrogen and oxygen atoms in total. The van der Waals surface area contributed by atoms with Crippen molar-refractivity contribution in [2.24, 2.45) is 0 Å². The predicted molar refractivity (Wildman–Crippen MR) is 127 cm³/mol. The Morgan fingerprint density at radius 1 is 1.09 bits per heavy atom. The quantitative estimate of drug-likeness (QED) is 0.376. The van der Waals surface area contributed by atoms with E-state index in [0.29, 0.717) is 34.7 Å². The lowest BCUT2D eigenvalue weighted by molar-refractivity contribution is 0.0724. The van der Waals surface area contributed by atoms with E-state index in [0.717, 1.165) is 42.6 Å². The molecule has 2 aromatic carbocycles. The smallest absolute Gasteiger partial charge is 0.290 e. The van der Waals surface area contributed by atoms with Gasteiger partial charge in [0.15, 0.2) is 5.43 Å². The van der Waals surface area contributed by atoms with E-state index in [1.54, 1.807) is 17.0 Å². The van der Waals surface area contributed by atoms with Crippen molar-refractivity contribution >= 4 is 28.5 Å². The molecule has 1 unspecified atom stereocenters. The monoisotopic (exact) mass is 453 g/mol. The summed E-state index contributed by atoms with van der Waals surface area (Å²) in [6.07, 6.45) is 3.80. The predicted octanol–water partition coefficient (Wildman–Crippen LogP) is 6.28. The number of benzene rings is 2. The summed E-state index contributed by atoms with van der Waals surface area (Å²) >= 11 is 6.30. The number of ether oxygens (including phenoxy) is 1. The Morgan fingerprint density at radius 3 is 2.66 bits per heavy atom. The number of nitrogens with zero attached hydrogens (tertiary/aromatic N) is 1. The maximum atomic E-state index is 13.6. The first-order valence-corrected chi connectivity index (χ1v) is 11.6. The average Bonchev–Trinajstić information content (AvgIpc) is 3.06. The van der Waals surface area contributed by atoms with Crippen LogP contribution in [0.5, 0.6) is 5.75 Å². The largest absolute Gasteiger partial charge is 0.494 e. The molecule has 0 aliphatic carbocycles. The minimum absolute atomic E-state index is 0.130. The number of hydrogen-bond acceptors (Lipinski definition) is 4. The highest BCUT2D eigenvalue weighted by molar-refractivity contribution is 6.32. The van der Waals surface area contributed by atoms with Crippen molar-refractivity contribution in [3.8, 4) is 5.75 Å². The van der Waals surface area contributed by atoms with Gasteiger partial charge >= 0.3 is 0 Å². The highest BCUT2D eigenvalue weighted by Gasteiger charge is 2.42. The van der Waals surface area contributed by atoms with Gasteiger partial charge in [0.25, 0.3) is 5.91 Å². The normalized spacial score (nSPS) is 15.4. The van der Waals surface area contributed by atoms with Crippen molar-refractivity contribution in [2.75, 3.05) is 13.2 Å². The molecule has 0 N–H and O–H groups in total. The zero-order chi connectivity index (χ0) is 22.8. The molecule has 1 aliphatic rings. The third-order valence-electron chi connectivity index (χ3n) is 5.90. The number of aryl methyl sites for hydroxylation is 1. The highest BCUT2D eigenvalue weighted by atomic mass is 35.5. The molecular weight excluding hydrogens is 426 g/mol. The molecule has 168 valence electrons. The van der Waals surface area contributed by atoms with Gasteiger partial charge in [0, 0.05) is 11.6 Å². The number of fused-ring (bicyclic) bond motifs is 2. The topological polar surface area (TPSA) is 59.8 Å². The Bertz CT molecular complexity index is 1220. The van der Waals surface area contributed by atoms with Crippen LogP contribution in [0, 0.1) is 6.92 Å². The summed E-state index contributed by atoms with van der Waals surface area (Å²) in [4.78, 5) is 28.8. The summed E-state index contributed by atoms with van der Waals surface area (Å²) < 4.78 is 11.8. The fourth-order valence-corrected chi connectivity index (χ4v) is 4.41. The molecule has 0 saturated heterocycles. The van der Waals surface area contributed by atoms with Gasteiger partial charge in [-0.15, -0.1) is 0 Å². The Morgan fingerprint density at radius 2 is 1.91 bits per heavy atom. The highest BCUT2D eigenvalue weighted by Crippen LogP contribution is 2.39. The van der Waals surface area contributed by atoms with Crippen LogP contribution < -0.4 is 10.2 Å². The maximum absolute atomic E-state index is 13.6. The van der Waals surface area contributed by atoms with E-state index < -0.39 is 6.04 Å². The number of hydrogen-bond donors (Lipinski definition) is 0. The van der Waals surface area contributed by atoms with Crippen LogP contribution in [0.1, 0.15) is 72.8 Å². The summed E-state index contributed by atoms with van der Waals surface area (Å²) in [6, 6.07) is 10.5. The number of rotatable bonds is 8. The van der Waals surface area contributed by atoms with E-state index in [1.807, 2.05) is 38.1 Å². The fourth-order valence-electron chi connectivity index (χ4n) is 4.24. The zero-order valence-corrected chi connectivity index (χ0v) is 19.5. The first-order valence-electron chi connectivity index (χ1n) is 11.3. The summed E-state index contributed by atoms with van der Waals surface area (Å²) in [5.41, 5.74) is 2.20. The van der Waals surface area contributed by atoms with Crippen LogP contribution in [0.15, 0.2) is 45.6 Å². The molecule has 1 aromatic heterocycles. The Hall–Kier alpha value is -2.79. The molecule has 0 spiro atoms. The van der Waals surface area contributed by atoms with Crippen LogP contribution in [0.3, 0.4) is 0 Å². The first-order chi connectivity index (χ1) is 15.5. The van der Waals surface area contributed by atoms with E-state index in [1.165, 1.54) is 0 Å². The minimum atomic E-state index is -0.514. The Kier molecular flexibility index (Phi) is 6.56. The second-order valence-corrected chi connectivity index (χ2v) is 8.71. The molecule has 6 heteroatoms. The van der Waals surface area contributed by atoms with Gasteiger partial charge in [-0.05, 0) is 55.2 Å². The van der Waals surface area contributed by atoms with Gasteiger partial charge in [-0.2, -0.15) is 0 Å². The lowest BCUT2D eigenvalue weighted by atomic mass is 9.98. The van der Waals surface area contributed by atoms with Gasteiger partial charge < -0.3 is 14.1 Å². The summed E-state index contributed by atoms with van der Waals surface area (Å²) in [7, 11) is 0. The molecule has 4 rings (SSSR count). The van der Waals surface area contributed by atoms with Gasteiger partial charge in [0.1, 0.15) is 11.3 Å². The van der Waals surface area contributed by atoms with Gasteiger partial charge in [0.05, 0.1) is 23.6 Å². The minimum Gasteiger partial charge on any atom is -0.494 e. The van der Waals surface area contributed by atoms with Crippen LogP contribution in [0.4, 0.5) is 0 Å². The van der Waals surface area contributed by atoms with E-state index in [-0.39, 0.29) is 17.1 Å². The van der Waals surface area contributed by atoms with Crippen LogP contribution >= 0.6 is 11.6 Å². The second-order valence-electron chi connectivity index (χ2n) is 8.30. The van der Waals surface area contributed by atoms with Crippen molar-refractivity contribution in [3.63, 3.8) is 0 Å². The zero-order valence-electron chi connectivity index (χ0n) is 18.7. The van der Waals surface area contributed by atoms with Crippen LogP contribution in [-0.2, 0) is 0 Å². The molecule has 2 heterocycles. The molecule has 1 aliphatic heterocycles. The maximum Gasteiger partial charge on any atom is 0.290 e. The average molecular weight is 454 g/mol. The van der Waals surface area contributed by atoms with Gasteiger partial charge in [-0.25, -0.2) is 0 Å². The van der Waals surface area contributed by atoms with Crippen LogP contribution in [-0.4, -0.2) is 24.0 Å². The van der Waals surface area contributed by atoms with E-state index in [4.69, 9.17) is 20.8 Å². The van der Waals surface area contributed by atoms with Crippen molar-refractivity contribution in [2.45, 2.75) is 52.5 Å². The van der Waals surface area contributed by atoms with E-state index >= 15 is 0 Å². The lowest BCUT2D eigenvalue weighted by Gasteiger charge is -2.25. The van der Waals surface area contributed by atoms with Crippen molar-refractivity contribution < 1.29 is 13.9 Å². The summed E-state index contributed by atoms with van der Waals surface area (Å²) in [5, 5.41) is 0.895. The van der Waals surface area contributed by atoms with Crippen LogP contribution in [0.2, 0.25) is 5.02 Å². The third-order valence-corrected chi connectivity index (χ3v) is 6.30. The van der Waals surface area contributed by atoms with Gasteiger partial charge in [0.2, 0.25) is 5.76 Å². The number of carbonyl (C=O) groups excluding carboxylic acids is 1. The molecule has 3 aromatic rings. The molecule has 32 heavy (non-hydrogen) atoms. The molecular formula is C26H28ClNO4. The standard InChI is InChI=1S/C26H28ClNO4/c1-4-6-7-11-28-23(17-9-8-10-18(14-17)31-12-5-2)22-24(29)19-15-20(27)16(3)13-21(19)32-25(22)26(28)30/h8-10,13-15,23H,4-7,11-12H2,1-3H3. The molecule has 0 fully saturated rings. The Balaban J connectivity index is 1.88. The molecule has 0 saturated carbocycles. The Labute approximate surface area is 192 Å². The number of halogens is 1.